The molecule has 158 valence electrons. The Bertz CT molecular complexity index is 1040. The van der Waals surface area contributed by atoms with Crippen molar-refractivity contribution in [3.05, 3.63) is 60.1 Å². The van der Waals surface area contributed by atoms with Crippen molar-refractivity contribution in [3.8, 4) is 0 Å². The summed E-state index contributed by atoms with van der Waals surface area (Å²) in [5.74, 6) is 0.867. The van der Waals surface area contributed by atoms with Crippen LogP contribution in [0.5, 0.6) is 0 Å². The Morgan fingerprint density at radius 1 is 1.20 bits per heavy atom. The maximum atomic E-state index is 13.0. The third kappa shape index (κ3) is 4.36. The van der Waals surface area contributed by atoms with E-state index in [-0.39, 0.29) is 10.8 Å². The molecular weight excluding hydrogens is 407 g/mol. The van der Waals surface area contributed by atoms with Gasteiger partial charge < -0.3 is 11.1 Å². The second-order valence-electron chi connectivity index (χ2n) is 7.70. The van der Waals surface area contributed by atoms with E-state index in [2.05, 4.69) is 10.3 Å². The van der Waals surface area contributed by atoms with Gasteiger partial charge in [0, 0.05) is 31.9 Å². The maximum Gasteiger partial charge on any atom is 0.244 e. The summed E-state index contributed by atoms with van der Waals surface area (Å²) in [5, 5.41) is 2.86. The molecule has 9 heteroatoms. The Morgan fingerprint density at radius 3 is 2.53 bits per heavy atom. The van der Waals surface area contributed by atoms with Crippen LogP contribution >= 0.6 is 0 Å². The minimum absolute atomic E-state index is 0.122. The number of nitrogens with one attached hydrogen (secondary N) is 1. The number of benzene rings is 1. The van der Waals surface area contributed by atoms with Gasteiger partial charge >= 0.3 is 0 Å². The average Bonchev–Trinajstić information content (AvgIpc) is 3.16. The standard InChI is InChI=1S/C21H23FN4O3S/c22-15-3-5-16(6-4-15)30(28,29)26-12-18-17(19(18)13-26)9-10-24-21(27)8-2-14-1-7-20(23)25-11-14/h1-8,11,17-19H,9-10,12-13H2,(H2,23,25)(H,24,27)/b8-2+/t17?,18-,19+. The number of carbonyl (C=O) groups is 1. The van der Waals surface area contributed by atoms with Crippen LogP contribution in [0.25, 0.3) is 6.08 Å². The quantitative estimate of drug-likeness (QED) is 0.653. The molecule has 3 N–H and O–H groups in total. The number of nitrogen functional groups attached to an aromatic ring is 1. The van der Waals surface area contributed by atoms with Crippen molar-refractivity contribution >= 4 is 27.8 Å². The molecule has 2 fully saturated rings. The lowest BCUT2D eigenvalue weighted by atomic mass is 10.2. The van der Waals surface area contributed by atoms with Gasteiger partial charge in [-0.1, -0.05) is 0 Å². The van der Waals surface area contributed by atoms with Crippen LogP contribution in [0, 0.1) is 23.6 Å². The molecule has 1 saturated heterocycles. The van der Waals surface area contributed by atoms with Crippen molar-refractivity contribution in [1.29, 1.82) is 0 Å². The van der Waals surface area contributed by atoms with Crippen molar-refractivity contribution in [3.63, 3.8) is 0 Å². The number of aromatic nitrogens is 1. The zero-order valence-corrected chi connectivity index (χ0v) is 17.1. The molecule has 1 aromatic carbocycles. The molecule has 7 nitrogen and oxygen atoms in total. The molecular formula is C21H23FN4O3S. The lowest BCUT2D eigenvalue weighted by Crippen LogP contribution is -2.32. The minimum atomic E-state index is -3.58. The van der Waals surface area contributed by atoms with Crippen molar-refractivity contribution in [2.75, 3.05) is 25.4 Å². The number of pyridine rings is 1. The Balaban J connectivity index is 1.21. The maximum absolute atomic E-state index is 13.0. The van der Waals surface area contributed by atoms with Gasteiger partial charge in [-0.3, -0.25) is 4.79 Å². The van der Waals surface area contributed by atoms with Crippen LogP contribution in [0.4, 0.5) is 10.2 Å². The molecule has 0 bridgehead atoms. The van der Waals surface area contributed by atoms with Crippen molar-refractivity contribution in [2.24, 2.45) is 17.8 Å². The highest BCUT2D eigenvalue weighted by molar-refractivity contribution is 7.89. The predicted molar refractivity (Wildman–Crippen MR) is 111 cm³/mol. The molecule has 1 aromatic heterocycles. The number of fused-ring (bicyclic) bond motifs is 1. The van der Waals surface area contributed by atoms with E-state index in [0.717, 1.165) is 24.1 Å². The lowest BCUT2D eigenvalue weighted by molar-refractivity contribution is -0.116. The van der Waals surface area contributed by atoms with E-state index in [0.29, 0.717) is 43.2 Å². The van der Waals surface area contributed by atoms with Gasteiger partial charge in [-0.05, 0) is 72.2 Å². The third-order valence-electron chi connectivity index (χ3n) is 5.80. The Hall–Kier alpha value is -2.78. The van der Waals surface area contributed by atoms with Crippen molar-refractivity contribution < 1.29 is 17.6 Å². The normalized spacial score (nSPS) is 23.4. The molecule has 1 amide bonds. The summed E-state index contributed by atoms with van der Waals surface area (Å²) in [6.45, 7) is 1.51. The molecule has 3 atom stereocenters. The van der Waals surface area contributed by atoms with Gasteiger partial charge in [-0.15, -0.1) is 0 Å². The van der Waals surface area contributed by atoms with Gasteiger partial charge in [0.1, 0.15) is 11.6 Å². The third-order valence-corrected chi connectivity index (χ3v) is 7.65. The van der Waals surface area contributed by atoms with Gasteiger partial charge in [-0.2, -0.15) is 4.31 Å². The molecule has 1 unspecified atom stereocenters. The molecule has 1 aliphatic heterocycles. The highest BCUT2D eigenvalue weighted by Crippen LogP contribution is 2.54. The first kappa shape index (κ1) is 20.5. The van der Waals surface area contributed by atoms with E-state index in [1.807, 2.05) is 0 Å². The molecule has 0 spiro atoms. The highest BCUT2D eigenvalue weighted by atomic mass is 32.2. The number of piperidine rings is 1. The van der Waals surface area contributed by atoms with Gasteiger partial charge in [-0.25, -0.2) is 17.8 Å². The molecule has 0 radical (unpaired) electrons. The summed E-state index contributed by atoms with van der Waals surface area (Å²) < 4.78 is 39.8. The molecule has 1 aliphatic carbocycles. The van der Waals surface area contributed by atoms with Crippen molar-refractivity contribution in [1.82, 2.24) is 14.6 Å². The SMILES string of the molecule is Nc1ccc(/C=C/C(=O)NCCC2[C@H]3CN(S(=O)(=O)c4ccc(F)cc4)C[C@@H]23)cn1. The summed E-state index contributed by atoms with van der Waals surface area (Å²) in [6, 6.07) is 8.37. The fourth-order valence-corrected chi connectivity index (χ4v) is 5.61. The number of nitrogens with zero attached hydrogens (tertiary/aromatic N) is 2. The number of amides is 1. The van der Waals surface area contributed by atoms with Crippen LogP contribution in [0.3, 0.4) is 0 Å². The second-order valence-corrected chi connectivity index (χ2v) is 9.63. The molecule has 2 aliphatic rings. The first-order valence-corrected chi connectivity index (χ1v) is 11.2. The summed E-state index contributed by atoms with van der Waals surface area (Å²) in [5.41, 5.74) is 6.31. The van der Waals surface area contributed by atoms with E-state index >= 15 is 0 Å². The Labute approximate surface area is 174 Å². The van der Waals surface area contributed by atoms with Crippen LogP contribution in [0.1, 0.15) is 12.0 Å². The Kier molecular flexibility index (Phi) is 5.57. The van der Waals surface area contributed by atoms with E-state index in [4.69, 9.17) is 5.73 Å². The van der Waals surface area contributed by atoms with E-state index in [9.17, 15) is 17.6 Å². The Morgan fingerprint density at radius 2 is 1.90 bits per heavy atom. The largest absolute Gasteiger partial charge is 0.384 e. The minimum Gasteiger partial charge on any atom is -0.384 e. The molecule has 2 heterocycles. The molecule has 1 saturated carbocycles. The summed E-state index contributed by atoms with van der Waals surface area (Å²) in [4.78, 5) is 16.0. The van der Waals surface area contributed by atoms with E-state index < -0.39 is 15.8 Å². The van der Waals surface area contributed by atoms with Crippen LogP contribution in [0.2, 0.25) is 0 Å². The van der Waals surface area contributed by atoms with Gasteiger partial charge in [0.15, 0.2) is 0 Å². The molecule has 4 rings (SSSR count). The van der Waals surface area contributed by atoms with Crippen LogP contribution < -0.4 is 11.1 Å². The number of sulfonamides is 1. The predicted octanol–water partition coefficient (Wildman–Crippen LogP) is 1.89. The zero-order valence-electron chi connectivity index (χ0n) is 16.2. The van der Waals surface area contributed by atoms with Gasteiger partial charge in [0.25, 0.3) is 0 Å². The van der Waals surface area contributed by atoms with Crippen LogP contribution in [0.15, 0.2) is 53.6 Å². The summed E-state index contributed by atoms with van der Waals surface area (Å²) in [7, 11) is -3.58. The summed E-state index contributed by atoms with van der Waals surface area (Å²) in [6.07, 6.45) is 5.54. The number of hydrogen-bond acceptors (Lipinski definition) is 5. The smallest absolute Gasteiger partial charge is 0.244 e. The van der Waals surface area contributed by atoms with Gasteiger partial charge in [0.2, 0.25) is 15.9 Å². The first-order chi connectivity index (χ1) is 14.3. The number of anilines is 1. The number of nitrogens with two attached hydrogens (primary N) is 1. The first-order valence-electron chi connectivity index (χ1n) is 9.78. The van der Waals surface area contributed by atoms with E-state index in [1.54, 1.807) is 24.4 Å². The fraction of sp³-hybridized carbons (Fsp3) is 0.333. The zero-order chi connectivity index (χ0) is 21.3. The molecule has 2 aromatic rings. The topological polar surface area (TPSA) is 105 Å². The van der Waals surface area contributed by atoms with E-state index in [1.165, 1.54) is 22.5 Å². The average molecular weight is 431 g/mol. The number of rotatable bonds is 7. The number of carbonyl (C=O) groups excluding carboxylic acids is 1. The highest BCUT2D eigenvalue weighted by Gasteiger charge is 2.57. The van der Waals surface area contributed by atoms with Crippen LogP contribution in [-0.4, -0.2) is 43.2 Å². The molecule has 30 heavy (non-hydrogen) atoms. The van der Waals surface area contributed by atoms with Crippen LogP contribution in [-0.2, 0) is 14.8 Å². The number of halogens is 1. The summed E-state index contributed by atoms with van der Waals surface area (Å²) >= 11 is 0. The van der Waals surface area contributed by atoms with Crippen molar-refractivity contribution in [2.45, 2.75) is 11.3 Å². The fourth-order valence-electron chi connectivity index (χ4n) is 4.10. The monoisotopic (exact) mass is 430 g/mol. The number of hydrogen-bond donors (Lipinski definition) is 2. The lowest BCUT2D eigenvalue weighted by Gasteiger charge is -2.19. The second kappa shape index (κ2) is 8.16. The van der Waals surface area contributed by atoms with Gasteiger partial charge in [0.05, 0.1) is 4.90 Å².